The molecule has 1 atom stereocenters. The third kappa shape index (κ3) is 3.39. The van der Waals surface area contributed by atoms with Crippen molar-refractivity contribution in [2.24, 2.45) is 5.92 Å². The number of hydrogen-bond donors (Lipinski definition) is 1. The summed E-state index contributed by atoms with van der Waals surface area (Å²) in [7, 11) is 0. The lowest BCUT2D eigenvalue weighted by molar-refractivity contribution is 0.680. The van der Waals surface area contributed by atoms with Crippen molar-refractivity contribution in [3.63, 3.8) is 0 Å². The minimum atomic E-state index is -0.107. The first-order valence-corrected chi connectivity index (χ1v) is 6.01. The number of pyridine rings is 1. The smallest absolute Gasteiger partial charge is 0.149 e. The molecule has 1 rings (SSSR count). The number of nitrogens with two attached hydrogens (primary N) is 1. The van der Waals surface area contributed by atoms with E-state index < -0.39 is 0 Å². The number of nitriles is 1. The fraction of sp³-hybridized carbons (Fsp3) is 0.455. The summed E-state index contributed by atoms with van der Waals surface area (Å²) in [6, 6.07) is 3.75. The van der Waals surface area contributed by atoms with Crippen LogP contribution >= 0.6 is 23.2 Å². The van der Waals surface area contributed by atoms with Gasteiger partial charge in [-0.3, -0.25) is 0 Å². The standard InChI is InChI=1S/C11H14Cl2N4/c1-3-17(6-7(2)5-14)11-9(13)4-8(12)10(15)16-11/h4,7H,3,6H2,1-2H3,(H2,15,16). The lowest BCUT2D eigenvalue weighted by Gasteiger charge is -2.24. The van der Waals surface area contributed by atoms with E-state index >= 15 is 0 Å². The van der Waals surface area contributed by atoms with E-state index in [4.69, 9.17) is 34.2 Å². The van der Waals surface area contributed by atoms with Crippen LogP contribution in [0.5, 0.6) is 0 Å². The lowest BCUT2D eigenvalue weighted by Crippen LogP contribution is -2.29. The Morgan fingerprint density at radius 2 is 2.18 bits per heavy atom. The highest BCUT2D eigenvalue weighted by Crippen LogP contribution is 2.30. The van der Waals surface area contributed by atoms with Gasteiger partial charge in [0, 0.05) is 13.1 Å². The van der Waals surface area contributed by atoms with Gasteiger partial charge in [0.25, 0.3) is 0 Å². The van der Waals surface area contributed by atoms with Crippen LogP contribution in [0.3, 0.4) is 0 Å². The second kappa shape index (κ2) is 5.95. The summed E-state index contributed by atoms with van der Waals surface area (Å²) in [6.45, 7) is 5.06. The van der Waals surface area contributed by atoms with E-state index in [1.54, 1.807) is 6.07 Å². The summed E-state index contributed by atoms with van der Waals surface area (Å²) in [6.07, 6.45) is 0. The quantitative estimate of drug-likeness (QED) is 0.915. The van der Waals surface area contributed by atoms with Crippen molar-refractivity contribution in [3.05, 3.63) is 16.1 Å². The summed E-state index contributed by atoms with van der Waals surface area (Å²) >= 11 is 11.9. The normalized spacial score (nSPS) is 11.9. The Morgan fingerprint density at radius 3 is 2.71 bits per heavy atom. The monoisotopic (exact) mass is 272 g/mol. The van der Waals surface area contributed by atoms with Crippen LogP contribution in [0.4, 0.5) is 11.6 Å². The van der Waals surface area contributed by atoms with Crippen LogP contribution in [0.25, 0.3) is 0 Å². The van der Waals surface area contributed by atoms with E-state index in [9.17, 15) is 0 Å². The summed E-state index contributed by atoms with van der Waals surface area (Å²) in [5, 5.41) is 9.60. The molecule has 0 aliphatic carbocycles. The fourth-order valence-corrected chi connectivity index (χ4v) is 1.91. The molecular weight excluding hydrogens is 259 g/mol. The zero-order chi connectivity index (χ0) is 13.0. The Balaban J connectivity index is 3.04. The van der Waals surface area contributed by atoms with Gasteiger partial charge in [-0.1, -0.05) is 23.2 Å². The molecule has 1 aromatic heterocycles. The summed E-state index contributed by atoms with van der Waals surface area (Å²) in [5.74, 6) is 0.706. The summed E-state index contributed by atoms with van der Waals surface area (Å²) < 4.78 is 0. The fourth-order valence-electron chi connectivity index (χ4n) is 1.43. The number of halogens is 2. The molecule has 92 valence electrons. The second-order valence-corrected chi connectivity index (χ2v) is 4.54. The Morgan fingerprint density at radius 1 is 1.53 bits per heavy atom. The highest BCUT2D eigenvalue weighted by molar-refractivity contribution is 6.37. The molecule has 0 saturated heterocycles. The molecule has 1 aromatic rings. The first-order valence-electron chi connectivity index (χ1n) is 5.25. The molecule has 0 saturated carbocycles. The molecule has 4 nitrogen and oxygen atoms in total. The average Bonchev–Trinajstić information content (AvgIpc) is 2.30. The molecule has 2 N–H and O–H groups in total. The van der Waals surface area contributed by atoms with Crippen LogP contribution in [0.2, 0.25) is 10.0 Å². The number of aromatic nitrogens is 1. The maximum Gasteiger partial charge on any atom is 0.149 e. The van der Waals surface area contributed by atoms with Crippen LogP contribution in [-0.2, 0) is 0 Å². The predicted molar refractivity (Wildman–Crippen MR) is 71.3 cm³/mol. The molecule has 1 heterocycles. The van der Waals surface area contributed by atoms with Crippen molar-refractivity contribution in [2.75, 3.05) is 23.7 Å². The number of rotatable bonds is 4. The van der Waals surface area contributed by atoms with E-state index in [-0.39, 0.29) is 11.7 Å². The molecule has 0 amide bonds. The second-order valence-electron chi connectivity index (χ2n) is 3.73. The van der Waals surface area contributed by atoms with Gasteiger partial charge >= 0.3 is 0 Å². The first kappa shape index (κ1) is 13.9. The molecule has 0 fully saturated rings. The van der Waals surface area contributed by atoms with Crippen molar-refractivity contribution in [1.82, 2.24) is 4.98 Å². The van der Waals surface area contributed by atoms with E-state index in [2.05, 4.69) is 11.1 Å². The van der Waals surface area contributed by atoms with E-state index in [0.29, 0.717) is 29.0 Å². The highest BCUT2D eigenvalue weighted by Gasteiger charge is 2.15. The van der Waals surface area contributed by atoms with Crippen LogP contribution < -0.4 is 10.6 Å². The van der Waals surface area contributed by atoms with Crippen LogP contribution in [0, 0.1) is 17.2 Å². The van der Waals surface area contributed by atoms with Gasteiger partial charge in [0.15, 0.2) is 0 Å². The average molecular weight is 273 g/mol. The Hall–Kier alpha value is -1.18. The minimum Gasteiger partial charge on any atom is -0.382 e. The maximum atomic E-state index is 8.82. The minimum absolute atomic E-state index is 0.107. The van der Waals surface area contributed by atoms with Gasteiger partial charge in [0.1, 0.15) is 11.6 Å². The van der Waals surface area contributed by atoms with Gasteiger partial charge in [-0.05, 0) is 19.9 Å². The number of nitrogens with zero attached hydrogens (tertiary/aromatic N) is 3. The van der Waals surface area contributed by atoms with E-state index in [1.807, 2.05) is 18.7 Å². The van der Waals surface area contributed by atoms with Gasteiger partial charge in [0.05, 0.1) is 22.0 Å². The van der Waals surface area contributed by atoms with Crippen LogP contribution in [0.1, 0.15) is 13.8 Å². The van der Waals surface area contributed by atoms with Gasteiger partial charge < -0.3 is 10.6 Å². The van der Waals surface area contributed by atoms with Crippen molar-refractivity contribution in [3.8, 4) is 6.07 Å². The largest absolute Gasteiger partial charge is 0.382 e. The third-order valence-electron chi connectivity index (χ3n) is 2.33. The Bertz CT molecular complexity index is 442. The number of hydrogen-bond acceptors (Lipinski definition) is 4. The van der Waals surface area contributed by atoms with Gasteiger partial charge in [-0.15, -0.1) is 0 Å². The molecule has 0 aromatic carbocycles. The summed E-state index contributed by atoms with van der Waals surface area (Å²) in [4.78, 5) is 6.07. The van der Waals surface area contributed by atoms with Crippen molar-refractivity contribution in [2.45, 2.75) is 13.8 Å². The number of nitrogen functional groups attached to an aromatic ring is 1. The summed E-state index contributed by atoms with van der Waals surface area (Å²) in [5.41, 5.74) is 5.65. The molecule has 6 heteroatoms. The molecule has 0 radical (unpaired) electrons. The van der Waals surface area contributed by atoms with Crippen molar-refractivity contribution < 1.29 is 0 Å². The van der Waals surface area contributed by atoms with Gasteiger partial charge in [-0.2, -0.15) is 5.26 Å². The molecule has 0 spiro atoms. The Kier molecular flexibility index (Phi) is 4.86. The molecule has 0 aliphatic heterocycles. The topological polar surface area (TPSA) is 65.9 Å². The first-order chi connectivity index (χ1) is 7.99. The third-order valence-corrected chi connectivity index (χ3v) is 2.91. The van der Waals surface area contributed by atoms with Gasteiger partial charge in [0.2, 0.25) is 0 Å². The highest BCUT2D eigenvalue weighted by atomic mass is 35.5. The molecule has 1 unspecified atom stereocenters. The Labute approximate surface area is 111 Å². The molecule has 0 aliphatic rings. The van der Waals surface area contributed by atoms with E-state index in [0.717, 1.165) is 0 Å². The van der Waals surface area contributed by atoms with Crippen molar-refractivity contribution in [1.29, 1.82) is 5.26 Å². The van der Waals surface area contributed by atoms with E-state index in [1.165, 1.54) is 0 Å². The van der Waals surface area contributed by atoms with Crippen LogP contribution in [0.15, 0.2) is 6.07 Å². The maximum absolute atomic E-state index is 8.82. The zero-order valence-corrected chi connectivity index (χ0v) is 11.3. The van der Waals surface area contributed by atoms with Crippen LogP contribution in [-0.4, -0.2) is 18.1 Å². The lowest BCUT2D eigenvalue weighted by atomic mass is 10.2. The zero-order valence-electron chi connectivity index (χ0n) is 9.74. The molecular formula is C11H14Cl2N4. The molecule has 0 bridgehead atoms. The number of anilines is 2. The van der Waals surface area contributed by atoms with Crippen molar-refractivity contribution >= 4 is 34.8 Å². The van der Waals surface area contributed by atoms with Gasteiger partial charge in [-0.25, -0.2) is 4.98 Å². The molecule has 17 heavy (non-hydrogen) atoms. The predicted octanol–water partition coefficient (Wildman–Crippen LogP) is 2.96. The SMILES string of the molecule is CCN(CC(C)C#N)c1nc(N)c(Cl)cc1Cl.